The third kappa shape index (κ3) is 2.67. The molecule has 0 atom stereocenters. The Morgan fingerprint density at radius 2 is 2.00 bits per heavy atom. The molecular formula is C16H18N2OS. The molecular weight excluding hydrogens is 268 g/mol. The summed E-state index contributed by atoms with van der Waals surface area (Å²) in [5, 5.41) is 4.23. The molecule has 0 amide bonds. The van der Waals surface area contributed by atoms with Gasteiger partial charge in [0.25, 0.3) is 0 Å². The Kier molecular flexibility index (Phi) is 3.94. The molecule has 2 aromatic rings. The zero-order chi connectivity index (χ0) is 13.9. The van der Waals surface area contributed by atoms with Gasteiger partial charge in [-0.3, -0.25) is 0 Å². The summed E-state index contributed by atoms with van der Waals surface area (Å²) in [6.07, 6.45) is 6.28. The minimum Gasteiger partial charge on any atom is -0.354 e. The molecule has 1 aromatic carbocycles. The molecule has 4 heteroatoms. The van der Waals surface area contributed by atoms with E-state index in [-0.39, 0.29) is 0 Å². The first kappa shape index (κ1) is 13.5. The van der Waals surface area contributed by atoms with Crippen LogP contribution in [-0.4, -0.2) is 9.54 Å². The number of hydrogen-bond donors (Lipinski definition) is 2. The third-order valence-corrected chi connectivity index (χ3v) is 4.27. The SMILES string of the molecule is Cc1cccc(Nc2cnc(SO)c3c2CCCC3)c1. The summed E-state index contributed by atoms with van der Waals surface area (Å²) in [5.74, 6) is 0. The van der Waals surface area contributed by atoms with Crippen LogP contribution in [0.3, 0.4) is 0 Å². The molecule has 1 aliphatic rings. The number of aromatic nitrogens is 1. The van der Waals surface area contributed by atoms with Crippen molar-refractivity contribution >= 4 is 23.4 Å². The number of rotatable bonds is 3. The van der Waals surface area contributed by atoms with Crippen LogP contribution in [0.2, 0.25) is 0 Å². The summed E-state index contributed by atoms with van der Waals surface area (Å²) < 4.78 is 9.34. The Morgan fingerprint density at radius 1 is 1.20 bits per heavy atom. The standard InChI is InChI=1S/C16H18N2OS/c1-11-5-4-6-12(9-11)18-15-10-17-16(20-19)14-8-3-2-7-13(14)15/h4-6,9-10,18-19H,2-3,7-8H2,1H3. The van der Waals surface area contributed by atoms with Crippen molar-refractivity contribution in [2.24, 2.45) is 0 Å². The first-order chi connectivity index (χ1) is 9.78. The Bertz CT molecular complexity index is 628. The topological polar surface area (TPSA) is 45.2 Å². The van der Waals surface area contributed by atoms with Crippen molar-refractivity contribution in [3.05, 3.63) is 47.2 Å². The number of benzene rings is 1. The number of nitrogens with zero attached hydrogens (tertiary/aromatic N) is 1. The van der Waals surface area contributed by atoms with E-state index in [1.165, 1.54) is 29.5 Å². The molecule has 2 N–H and O–H groups in total. The molecule has 3 nitrogen and oxygen atoms in total. The molecule has 1 aliphatic carbocycles. The van der Waals surface area contributed by atoms with Crippen LogP contribution >= 0.6 is 12.0 Å². The van der Waals surface area contributed by atoms with E-state index in [2.05, 4.69) is 41.5 Å². The fraction of sp³-hybridized carbons (Fsp3) is 0.312. The third-order valence-electron chi connectivity index (χ3n) is 3.75. The van der Waals surface area contributed by atoms with Crippen molar-refractivity contribution in [2.45, 2.75) is 37.6 Å². The van der Waals surface area contributed by atoms with E-state index in [1.807, 2.05) is 6.20 Å². The van der Waals surface area contributed by atoms with Crippen molar-refractivity contribution in [3.63, 3.8) is 0 Å². The van der Waals surface area contributed by atoms with Gasteiger partial charge in [-0.1, -0.05) is 12.1 Å². The maximum absolute atomic E-state index is 9.34. The average Bonchev–Trinajstić information content (AvgIpc) is 2.48. The predicted molar refractivity (Wildman–Crippen MR) is 83.8 cm³/mol. The maximum Gasteiger partial charge on any atom is 0.127 e. The molecule has 3 rings (SSSR count). The van der Waals surface area contributed by atoms with Gasteiger partial charge in [0.1, 0.15) is 5.03 Å². The molecule has 0 aliphatic heterocycles. The second kappa shape index (κ2) is 5.85. The Hall–Kier alpha value is -1.52. The van der Waals surface area contributed by atoms with Gasteiger partial charge < -0.3 is 9.87 Å². The van der Waals surface area contributed by atoms with Crippen molar-refractivity contribution in [1.82, 2.24) is 4.98 Å². The van der Waals surface area contributed by atoms with Crippen LogP contribution in [0.25, 0.3) is 0 Å². The number of anilines is 2. The van der Waals surface area contributed by atoms with Crippen molar-refractivity contribution in [1.29, 1.82) is 0 Å². The number of aryl methyl sites for hydroxylation is 1. The van der Waals surface area contributed by atoms with Crippen LogP contribution in [-0.2, 0) is 12.8 Å². The highest BCUT2D eigenvalue weighted by Crippen LogP contribution is 2.34. The summed E-state index contributed by atoms with van der Waals surface area (Å²) in [7, 11) is 0. The van der Waals surface area contributed by atoms with E-state index in [4.69, 9.17) is 0 Å². The fourth-order valence-corrected chi connectivity index (χ4v) is 3.22. The monoisotopic (exact) mass is 286 g/mol. The number of nitrogens with one attached hydrogen (secondary N) is 1. The van der Waals surface area contributed by atoms with Gasteiger partial charge in [-0.25, -0.2) is 4.98 Å². The van der Waals surface area contributed by atoms with Crippen LogP contribution < -0.4 is 5.32 Å². The van der Waals surface area contributed by atoms with Gasteiger partial charge in [0, 0.05) is 17.7 Å². The molecule has 0 saturated heterocycles. The Morgan fingerprint density at radius 3 is 2.75 bits per heavy atom. The molecule has 0 spiro atoms. The molecule has 1 aromatic heterocycles. The van der Waals surface area contributed by atoms with Crippen LogP contribution in [0, 0.1) is 6.92 Å². The van der Waals surface area contributed by atoms with Crippen LogP contribution in [0.1, 0.15) is 29.5 Å². The Balaban J connectivity index is 1.97. The van der Waals surface area contributed by atoms with Gasteiger partial charge >= 0.3 is 0 Å². The molecule has 104 valence electrons. The largest absolute Gasteiger partial charge is 0.354 e. The summed E-state index contributed by atoms with van der Waals surface area (Å²) in [6, 6.07) is 8.33. The van der Waals surface area contributed by atoms with Gasteiger partial charge in [0.2, 0.25) is 0 Å². The Labute approximate surface area is 123 Å². The molecule has 0 saturated carbocycles. The number of fused-ring (bicyclic) bond motifs is 1. The quantitative estimate of drug-likeness (QED) is 0.811. The first-order valence-electron chi connectivity index (χ1n) is 6.94. The lowest BCUT2D eigenvalue weighted by molar-refractivity contribution is 0.641. The molecule has 1 heterocycles. The maximum atomic E-state index is 9.34. The zero-order valence-corrected chi connectivity index (χ0v) is 12.3. The molecule has 0 unspecified atom stereocenters. The van der Waals surface area contributed by atoms with Crippen LogP contribution in [0.5, 0.6) is 0 Å². The number of hydrogen-bond acceptors (Lipinski definition) is 4. The molecule has 0 fully saturated rings. The molecule has 0 radical (unpaired) electrons. The molecule has 0 bridgehead atoms. The van der Waals surface area contributed by atoms with Gasteiger partial charge in [0.05, 0.1) is 11.9 Å². The highest BCUT2D eigenvalue weighted by molar-refractivity contribution is 7.93. The van der Waals surface area contributed by atoms with E-state index in [9.17, 15) is 4.55 Å². The highest BCUT2D eigenvalue weighted by Gasteiger charge is 2.18. The van der Waals surface area contributed by atoms with Crippen molar-refractivity contribution in [2.75, 3.05) is 5.32 Å². The van der Waals surface area contributed by atoms with Crippen molar-refractivity contribution < 1.29 is 4.55 Å². The lowest BCUT2D eigenvalue weighted by atomic mass is 9.92. The summed E-state index contributed by atoms with van der Waals surface area (Å²) in [5.41, 5.74) is 5.91. The lowest BCUT2D eigenvalue weighted by Gasteiger charge is -2.21. The second-order valence-corrected chi connectivity index (χ2v) is 5.80. The minimum atomic E-state index is 0.759. The average molecular weight is 286 g/mol. The van der Waals surface area contributed by atoms with E-state index in [0.29, 0.717) is 0 Å². The van der Waals surface area contributed by atoms with E-state index in [0.717, 1.165) is 41.3 Å². The summed E-state index contributed by atoms with van der Waals surface area (Å²) >= 11 is 0.762. The smallest absolute Gasteiger partial charge is 0.127 e. The van der Waals surface area contributed by atoms with E-state index >= 15 is 0 Å². The van der Waals surface area contributed by atoms with Gasteiger partial charge in [0.15, 0.2) is 0 Å². The fourth-order valence-electron chi connectivity index (χ4n) is 2.78. The van der Waals surface area contributed by atoms with Crippen LogP contribution in [0.15, 0.2) is 35.5 Å². The first-order valence-corrected chi connectivity index (χ1v) is 7.71. The second-order valence-electron chi connectivity index (χ2n) is 5.23. The number of pyridine rings is 1. The predicted octanol–water partition coefficient (Wildman–Crippen LogP) is 4.58. The van der Waals surface area contributed by atoms with E-state index < -0.39 is 0 Å². The highest BCUT2D eigenvalue weighted by atomic mass is 32.2. The summed E-state index contributed by atoms with van der Waals surface area (Å²) in [4.78, 5) is 4.38. The van der Waals surface area contributed by atoms with Crippen molar-refractivity contribution in [3.8, 4) is 0 Å². The summed E-state index contributed by atoms with van der Waals surface area (Å²) in [6.45, 7) is 2.09. The van der Waals surface area contributed by atoms with E-state index in [1.54, 1.807) is 0 Å². The normalized spacial score (nSPS) is 13.9. The lowest BCUT2D eigenvalue weighted by Crippen LogP contribution is -2.09. The van der Waals surface area contributed by atoms with Gasteiger partial charge in [-0.05, 0) is 61.4 Å². The zero-order valence-electron chi connectivity index (χ0n) is 11.5. The minimum absolute atomic E-state index is 0.759. The van der Waals surface area contributed by atoms with Gasteiger partial charge in [-0.2, -0.15) is 0 Å². The van der Waals surface area contributed by atoms with Crippen LogP contribution in [0.4, 0.5) is 11.4 Å². The molecule has 20 heavy (non-hydrogen) atoms. The van der Waals surface area contributed by atoms with Gasteiger partial charge in [-0.15, -0.1) is 0 Å².